The minimum Gasteiger partial charge on any atom is -0.461 e. The summed E-state index contributed by atoms with van der Waals surface area (Å²) >= 11 is 0. The van der Waals surface area contributed by atoms with E-state index in [1.807, 2.05) is 6.92 Å². The van der Waals surface area contributed by atoms with Crippen molar-refractivity contribution in [3.63, 3.8) is 0 Å². The molecule has 1 N–H and O–H groups in total. The molecule has 0 aromatic heterocycles. The zero-order valence-corrected chi connectivity index (χ0v) is 18.4. The van der Waals surface area contributed by atoms with Crippen LogP contribution in [0.1, 0.15) is 117 Å². The molecule has 0 bridgehead atoms. The van der Waals surface area contributed by atoms with Crippen LogP contribution in [0, 0.1) is 0 Å². The van der Waals surface area contributed by atoms with E-state index in [9.17, 15) is 4.79 Å². The molecule has 0 aliphatic rings. The zero-order chi connectivity index (χ0) is 19.8. The van der Waals surface area contributed by atoms with Gasteiger partial charge in [0.1, 0.15) is 6.61 Å². The third-order valence-corrected chi connectivity index (χ3v) is 5.03. The van der Waals surface area contributed by atoms with Crippen LogP contribution >= 0.6 is 0 Å². The molecule has 0 atom stereocenters. The SMILES string of the molecule is C/C=C/C(=O)OCCNCCCCCCCCCCCCCCCCCC. The van der Waals surface area contributed by atoms with Gasteiger partial charge in [-0.05, 0) is 19.9 Å². The maximum absolute atomic E-state index is 11.1. The average molecular weight is 382 g/mol. The molecule has 0 aromatic rings. The summed E-state index contributed by atoms with van der Waals surface area (Å²) < 4.78 is 5.03. The van der Waals surface area contributed by atoms with E-state index in [4.69, 9.17) is 4.74 Å². The van der Waals surface area contributed by atoms with Crippen molar-refractivity contribution in [2.75, 3.05) is 19.7 Å². The van der Waals surface area contributed by atoms with Crippen LogP contribution in [-0.4, -0.2) is 25.7 Å². The normalized spacial score (nSPS) is 11.3. The molecule has 0 fully saturated rings. The highest BCUT2D eigenvalue weighted by Crippen LogP contribution is 2.13. The minimum absolute atomic E-state index is 0.248. The van der Waals surface area contributed by atoms with Gasteiger partial charge in [0.25, 0.3) is 0 Å². The number of nitrogens with one attached hydrogen (secondary N) is 1. The molecule has 0 saturated carbocycles. The first-order valence-corrected chi connectivity index (χ1v) is 11.8. The van der Waals surface area contributed by atoms with Gasteiger partial charge in [0.15, 0.2) is 0 Å². The van der Waals surface area contributed by atoms with E-state index in [2.05, 4.69) is 12.2 Å². The summed E-state index contributed by atoms with van der Waals surface area (Å²) in [5, 5.41) is 3.33. The van der Waals surface area contributed by atoms with Gasteiger partial charge in [-0.1, -0.05) is 109 Å². The lowest BCUT2D eigenvalue weighted by Gasteiger charge is -2.05. The molecule has 3 heteroatoms. The number of allylic oxidation sites excluding steroid dienone is 1. The summed E-state index contributed by atoms with van der Waals surface area (Å²) in [7, 11) is 0. The summed E-state index contributed by atoms with van der Waals surface area (Å²) in [5.41, 5.74) is 0. The molecule has 0 spiro atoms. The quantitative estimate of drug-likeness (QED) is 0.133. The van der Waals surface area contributed by atoms with Crippen molar-refractivity contribution >= 4 is 5.97 Å². The van der Waals surface area contributed by atoms with E-state index in [-0.39, 0.29) is 5.97 Å². The molecular formula is C24H47NO2. The fourth-order valence-electron chi connectivity index (χ4n) is 3.33. The first kappa shape index (κ1) is 26.2. The molecule has 3 nitrogen and oxygen atoms in total. The van der Waals surface area contributed by atoms with Gasteiger partial charge < -0.3 is 10.1 Å². The molecule has 0 amide bonds. The maximum Gasteiger partial charge on any atom is 0.330 e. The van der Waals surface area contributed by atoms with Crippen molar-refractivity contribution in [2.45, 2.75) is 117 Å². The Morgan fingerprint density at radius 3 is 1.59 bits per heavy atom. The van der Waals surface area contributed by atoms with E-state index in [1.165, 1.54) is 109 Å². The Kier molecular flexibility index (Phi) is 22.5. The number of hydrogen-bond acceptors (Lipinski definition) is 3. The molecule has 0 radical (unpaired) electrons. The predicted molar refractivity (Wildman–Crippen MR) is 118 cm³/mol. The van der Waals surface area contributed by atoms with Gasteiger partial charge in [0, 0.05) is 12.6 Å². The Labute approximate surface area is 169 Å². The number of hydrogen-bond donors (Lipinski definition) is 1. The highest BCUT2D eigenvalue weighted by atomic mass is 16.5. The Bertz CT molecular complexity index is 328. The largest absolute Gasteiger partial charge is 0.461 e. The summed E-state index contributed by atoms with van der Waals surface area (Å²) in [6, 6.07) is 0. The molecule has 0 unspecified atom stereocenters. The number of carbonyl (C=O) groups is 1. The van der Waals surface area contributed by atoms with E-state index in [0.29, 0.717) is 6.61 Å². The van der Waals surface area contributed by atoms with Crippen molar-refractivity contribution < 1.29 is 9.53 Å². The molecule has 0 saturated heterocycles. The predicted octanol–water partition coefficient (Wildman–Crippen LogP) is 6.96. The molecule has 160 valence electrons. The minimum atomic E-state index is -0.248. The lowest BCUT2D eigenvalue weighted by molar-refractivity contribution is -0.137. The van der Waals surface area contributed by atoms with Crippen LogP contribution in [0.25, 0.3) is 0 Å². The van der Waals surface area contributed by atoms with Crippen LogP contribution in [0.15, 0.2) is 12.2 Å². The average Bonchev–Trinajstić information content (AvgIpc) is 2.66. The monoisotopic (exact) mass is 381 g/mol. The summed E-state index contributed by atoms with van der Waals surface area (Å²) in [5.74, 6) is -0.248. The van der Waals surface area contributed by atoms with Gasteiger partial charge in [-0.15, -0.1) is 0 Å². The Morgan fingerprint density at radius 1 is 0.704 bits per heavy atom. The van der Waals surface area contributed by atoms with Crippen LogP contribution < -0.4 is 5.32 Å². The molecule has 0 aliphatic heterocycles. The highest BCUT2D eigenvalue weighted by Gasteiger charge is 1.96. The van der Waals surface area contributed by atoms with Gasteiger partial charge in [-0.25, -0.2) is 4.79 Å². The van der Waals surface area contributed by atoms with E-state index in [1.54, 1.807) is 6.08 Å². The number of unbranched alkanes of at least 4 members (excludes halogenated alkanes) is 15. The second-order valence-electron chi connectivity index (χ2n) is 7.72. The molecular weight excluding hydrogens is 334 g/mol. The first-order chi connectivity index (χ1) is 13.3. The maximum atomic E-state index is 11.1. The number of rotatable bonds is 21. The van der Waals surface area contributed by atoms with Gasteiger partial charge in [-0.2, -0.15) is 0 Å². The van der Waals surface area contributed by atoms with E-state index < -0.39 is 0 Å². The molecule has 0 heterocycles. The van der Waals surface area contributed by atoms with E-state index >= 15 is 0 Å². The molecule has 0 rings (SSSR count). The summed E-state index contributed by atoms with van der Waals surface area (Å²) in [4.78, 5) is 11.1. The van der Waals surface area contributed by atoms with Crippen LogP contribution in [0.4, 0.5) is 0 Å². The number of carbonyl (C=O) groups excluding carboxylic acids is 1. The van der Waals surface area contributed by atoms with Crippen molar-refractivity contribution in [1.29, 1.82) is 0 Å². The lowest BCUT2D eigenvalue weighted by Crippen LogP contribution is -2.21. The Balaban J connectivity index is 3.04. The standard InChI is InChI=1S/C24H47NO2/c1-3-5-6-7-8-9-10-11-12-13-14-15-16-17-18-19-21-25-22-23-27-24(26)20-4-2/h4,20,25H,3,5-19,21-23H2,1-2H3/b20-4+. The van der Waals surface area contributed by atoms with Gasteiger partial charge >= 0.3 is 5.97 Å². The second kappa shape index (κ2) is 23.2. The van der Waals surface area contributed by atoms with Crippen molar-refractivity contribution in [2.24, 2.45) is 0 Å². The molecule has 0 aliphatic carbocycles. The smallest absolute Gasteiger partial charge is 0.330 e. The second-order valence-corrected chi connectivity index (χ2v) is 7.72. The highest BCUT2D eigenvalue weighted by molar-refractivity contribution is 5.81. The zero-order valence-electron chi connectivity index (χ0n) is 18.4. The van der Waals surface area contributed by atoms with Crippen molar-refractivity contribution in [1.82, 2.24) is 5.32 Å². The molecule has 27 heavy (non-hydrogen) atoms. The van der Waals surface area contributed by atoms with Crippen molar-refractivity contribution in [3.05, 3.63) is 12.2 Å². The first-order valence-electron chi connectivity index (χ1n) is 11.8. The molecule has 0 aromatic carbocycles. The van der Waals surface area contributed by atoms with E-state index in [0.717, 1.165) is 13.1 Å². The van der Waals surface area contributed by atoms with Gasteiger partial charge in [-0.3, -0.25) is 0 Å². The van der Waals surface area contributed by atoms with Gasteiger partial charge in [0.2, 0.25) is 0 Å². The third-order valence-electron chi connectivity index (χ3n) is 5.03. The number of ether oxygens (including phenoxy) is 1. The van der Waals surface area contributed by atoms with Crippen LogP contribution in [0.5, 0.6) is 0 Å². The number of esters is 1. The summed E-state index contributed by atoms with van der Waals surface area (Å²) in [6.45, 7) is 6.34. The summed E-state index contributed by atoms with van der Waals surface area (Å²) in [6.07, 6.45) is 25.6. The topological polar surface area (TPSA) is 38.3 Å². The van der Waals surface area contributed by atoms with Crippen LogP contribution in [-0.2, 0) is 9.53 Å². The third kappa shape index (κ3) is 23.1. The van der Waals surface area contributed by atoms with Crippen LogP contribution in [0.3, 0.4) is 0 Å². The fourth-order valence-corrected chi connectivity index (χ4v) is 3.33. The Morgan fingerprint density at radius 2 is 1.15 bits per heavy atom. The van der Waals surface area contributed by atoms with Gasteiger partial charge in [0.05, 0.1) is 0 Å². The fraction of sp³-hybridized carbons (Fsp3) is 0.875. The van der Waals surface area contributed by atoms with Crippen LogP contribution in [0.2, 0.25) is 0 Å². The Hall–Kier alpha value is -0.830. The lowest BCUT2D eigenvalue weighted by atomic mass is 10.0. The van der Waals surface area contributed by atoms with Crippen molar-refractivity contribution in [3.8, 4) is 0 Å².